The summed E-state index contributed by atoms with van der Waals surface area (Å²) in [7, 11) is 0. The van der Waals surface area contributed by atoms with Crippen LogP contribution in [0.5, 0.6) is 5.75 Å². The maximum Gasteiger partial charge on any atom is 0.191 e. The number of halogens is 1. The third-order valence-electron chi connectivity index (χ3n) is 4.53. The molecule has 3 aromatic rings. The van der Waals surface area contributed by atoms with Gasteiger partial charge >= 0.3 is 0 Å². The lowest BCUT2D eigenvalue weighted by Gasteiger charge is -2.10. The highest BCUT2D eigenvalue weighted by Crippen LogP contribution is 2.24. The first-order valence-electron chi connectivity index (χ1n) is 9.67. The first-order chi connectivity index (χ1) is 14.1. The Kier molecular flexibility index (Phi) is 7.78. The maximum absolute atomic E-state index is 6.00. The first-order valence-corrected chi connectivity index (χ1v) is 11.0. The van der Waals surface area contributed by atoms with Gasteiger partial charge in [0.1, 0.15) is 11.6 Å². The van der Waals surface area contributed by atoms with Crippen molar-refractivity contribution in [2.24, 2.45) is 0 Å². The average molecular weight is 428 g/mol. The maximum atomic E-state index is 6.00. The molecule has 0 bridgehead atoms. The molecule has 6 heteroatoms. The van der Waals surface area contributed by atoms with Crippen molar-refractivity contribution in [3.63, 3.8) is 0 Å². The Labute approximate surface area is 182 Å². The molecule has 0 aliphatic carbocycles. The van der Waals surface area contributed by atoms with Gasteiger partial charge in [0.2, 0.25) is 0 Å². The molecule has 1 aromatic heterocycles. The van der Waals surface area contributed by atoms with Crippen molar-refractivity contribution < 1.29 is 4.74 Å². The third kappa shape index (κ3) is 6.12. The van der Waals surface area contributed by atoms with E-state index in [1.807, 2.05) is 31.2 Å². The van der Waals surface area contributed by atoms with Crippen LogP contribution in [0, 0.1) is 13.8 Å². The molecule has 0 unspecified atom stereocenters. The molecule has 0 atom stereocenters. The van der Waals surface area contributed by atoms with E-state index in [0.717, 1.165) is 45.9 Å². The Hall–Kier alpha value is -2.24. The van der Waals surface area contributed by atoms with Gasteiger partial charge in [0.25, 0.3) is 0 Å². The number of aryl methyl sites for hydroxylation is 3. The molecule has 152 valence electrons. The highest BCUT2D eigenvalue weighted by Gasteiger charge is 2.12. The summed E-state index contributed by atoms with van der Waals surface area (Å²) in [6.07, 6.45) is 3.55. The van der Waals surface area contributed by atoms with Gasteiger partial charge in [-0.15, -0.1) is 16.8 Å². The number of nitrogens with zero attached hydrogens (tertiary/aromatic N) is 3. The minimum absolute atomic E-state index is 0.620. The number of ether oxygens (including phenoxy) is 1. The van der Waals surface area contributed by atoms with Gasteiger partial charge in [0.15, 0.2) is 5.16 Å². The number of allylic oxidation sites excluding steroid dienone is 1. The molecule has 0 radical (unpaired) electrons. The van der Waals surface area contributed by atoms with Crippen molar-refractivity contribution in [3.05, 3.63) is 82.7 Å². The second kappa shape index (κ2) is 10.5. The second-order valence-electron chi connectivity index (χ2n) is 6.93. The highest BCUT2D eigenvalue weighted by molar-refractivity contribution is 7.98. The fourth-order valence-electron chi connectivity index (χ4n) is 2.94. The Bertz CT molecular complexity index is 953. The van der Waals surface area contributed by atoms with Gasteiger partial charge in [-0.2, -0.15) is 0 Å². The van der Waals surface area contributed by atoms with Crippen LogP contribution in [-0.4, -0.2) is 21.4 Å². The van der Waals surface area contributed by atoms with Crippen molar-refractivity contribution in [2.45, 2.75) is 44.1 Å². The summed E-state index contributed by atoms with van der Waals surface area (Å²) in [6.45, 7) is 9.30. The van der Waals surface area contributed by atoms with E-state index in [1.165, 1.54) is 11.1 Å². The fourth-order valence-corrected chi connectivity index (χ4v) is 4.09. The summed E-state index contributed by atoms with van der Waals surface area (Å²) in [5.41, 5.74) is 3.59. The number of benzene rings is 2. The number of thioether (sulfide) groups is 1. The number of hydrogen-bond acceptors (Lipinski definition) is 4. The van der Waals surface area contributed by atoms with Crippen LogP contribution in [0.2, 0.25) is 5.02 Å². The summed E-state index contributed by atoms with van der Waals surface area (Å²) >= 11 is 7.70. The van der Waals surface area contributed by atoms with Crippen LogP contribution in [0.1, 0.15) is 28.9 Å². The largest absolute Gasteiger partial charge is 0.493 e. The normalized spacial score (nSPS) is 10.9. The SMILES string of the molecule is C=CCn1c(CCCOc2ccc(Cl)cc2C)nnc1SCc1ccc(C)cc1. The van der Waals surface area contributed by atoms with E-state index in [2.05, 4.69) is 52.5 Å². The van der Waals surface area contributed by atoms with E-state index in [9.17, 15) is 0 Å². The van der Waals surface area contributed by atoms with Crippen LogP contribution in [0.4, 0.5) is 0 Å². The zero-order valence-electron chi connectivity index (χ0n) is 16.9. The monoisotopic (exact) mass is 427 g/mol. The van der Waals surface area contributed by atoms with E-state index in [-0.39, 0.29) is 0 Å². The smallest absolute Gasteiger partial charge is 0.191 e. The Morgan fingerprint density at radius 2 is 1.93 bits per heavy atom. The van der Waals surface area contributed by atoms with Crippen LogP contribution in [-0.2, 0) is 18.7 Å². The van der Waals surface area contributed by atoms with Gasteiger partial charge < -0.3 is 9.30 Å². The van der Waals surface area contributed by atoms with E-state index in [0.29, 0.717) is 13.2 Å². The third-order valence-corrected chi connectivity index (χ3v) is 5.81. The average Bonchev–Trinajstić information content (AvgIpc) is 3.08. The van der Waals surface area contributed by atoms with E-state index in [1.54, 1.807) is 11.8 Å². The topological polar surface area (TPSA) is 39.9 Å². The number of rotatable bonds is 10. The minimum atomic E-state index is 0.620. The fraction of sp³-hybridized carbons (Fsp3) is 0.304. The quantitative estimate of drug-likeness (QED) is 0.225. The van der Waals surface area contributed by atoms with Crippen molar-refractivity contribution in [1.82, 2.24) is 14.8 Å². The van der Waals surface area contributed by atoms with Crippen LogP contribution < -0.4 is 4.74 Å². The molecule has 0 saturated carbocycles. The lowest BCUT2D eigenvalue weighted by Crippen LogP contribution is -2.07. The zero-order chi connectivity index (χ0) is 20.6. The van der Waals surface area contributed by atoms with Crippen LogP contribution in [0.3, 0.4) is 0 Å². The number of aromatic nitrogens is 3. The molecule has 0 saturated heterocycles. The van der Waals surface area contributed by atoms with E-state index in [4.69, 9.17) is 16.3 Å². The minimum Gasteiger partial charge on any atom is -0.493 e. The van der Waals surface area contributed by atoms with E-state index >= 15 is 0 Å². The summed E-state index contributed by atoms with van der Waals surface area (Å²) in [4.78, 5) is 0. The Morgan fingerprint density at radius 1 is 1.14 bits per heavy atom. The molecule has 0 N–H and O–H groups in total. The van der Waals surface area contributed by atoms with E-state index < -0.39 is 0 Å². The second-order valence-corrected chi connectivity index (χ2v) is 8.31. The molecular formula is C23H26ClN3OS. The predicted octanol–water partition coefficient (Wildman–Crippen LogP) is 6.04. The van der Waals surface area contributed by atoms with Crippen LogP contribution in [0.25, 0.3) is 0 Å². The lowest BCUT2D eigenvalue weighted by molar-refractivity contribution is 0.307. The standard InChI is InChI=1S/C23H26ClN3OS/c1-4-13-27-22(6-5-14-28-21-12-11-20(24)15-18(21)3)25-26-23(27)29-16-19-9-7-17(2)8-10-19/h4,7-12,15H,1,5-6,13-14,16H2,2-3H3. The van der Waals surface area contributed by atoms with Gasteiger partial charge in [-0.1, -0.05) is 59.3 Å². The van der Waals surface area contributed by atoms with Crippen molar-refractivity contribution >= 4 is 23.4 Å². The molecule has 29 heavy (non-hydrogen) atoms. The molecule has 4 nitrogen and oxygen atoms in total. The molecule has 1 heterocycles. The first kappa shape index (κ1) is 21.5. The molecule has 0 aliphatic rings. The Balaban J connectivity index is 1.56. The van der Waals surface area contributed by atoms with Gasteiger partial charge in [-0.05, 0) is 49.6 Å². The van der Waals surface area contributed by atoms with Gasteiger partial charge in [-0.25, -0.2) is 0 Å². The molecular weight excluding hydrogens is 402 g/mol. The molecule has 2 aromatic carbocycles. The predicted molar refractivity (Wildman–Crippen MR) is 121 cm³/mol. The lowest BCUT2D eigenvalue weighted by atomic mass is 10.2. The van der Waals surface area contributed by atoms with Crippen LogP contribution >= 0.6 is 23.4 Å². The van der Waals surface area contributed by atoms with Crippen molar-refractivity contribution in [3.8, 4) is 5.75 Å². The van der Waals surface area contributed by atoms with Crippen LogP contribution in [0.15, 0.2) is 60.3 Å². The zero-order valence-corrected chi connectivity index (χ0v) is 18.5. The molecule has 0 amide bonds. The molecule has 0 aliphatic heterocycles. The van der Waals surface area contributed by atoms with Gasteiger partial charge in [0, 0.05) is 23.7 Å². The molecule has 0 spiro atoms. The molecule has 3 rings (SSSR count). The summed E-state index contributed by atoms with van der Waals surface area (Å²) in [5, 5.41) is 10.5. The van der Waals surface area contributed by atoms with Crippen molar-refractivity contribution in [1.29, 1.82) is 0 Å². The Morgan fingerprint density at radius 3 is 2.66 bits per heavy atom. The van der Waals surface area contributed by atoms with Crippen molar-refractivity contribution in [2.75, 3.05) is 6.61 Å². The van der Waals surface area contributed by atoms with Gasteiger partial charge in [-0.3, -0.25) is 0 Å². The summed E-state index contributed by atoms with van der Waals surface area (Å²) < 4.78 is 8.03. The summed E-state index contributed by atoms with van der Waals surface area (Å²) in [5.74, 6) is 2.71. The van der Waals surface area contributed by atoms with Gasteiger partial charge in [0.05, 0.1) is 6.61 Å². The number of hydrogen-bond donors (Lipinski definition) is 0. The molecule has 0 fully saturated rings. The summed E-state index contributed by atoms with van der Waals surface area (Å²) in [6, 6.07) is 14.3. The highest BCUT2D eigenvalue weighted by atomic mass is 35.5.